The number of fused-ring (bicyclic) bond motifs is 1. The summed E-state index contributed by atoms with van der Waals surface area (Å²) in [5, 5.41) is 11.0. The third-order valence-corrected chi connectivity index (χ3v) is 3.72. The minimum Gasteiger partial charge on any atom is -0.335 e. The van der Waals surface area contributed by atoms with Crippen LogP contribution in [-0.4, -0.2) is 20.7 Å². The number of nitrogens with zero attached hydrogens (tertiary/aromatic N) is 3. The Morgan fingerprint density at radius 2 is 1.96 bits per heavy atom. The van der Waals surface area contributed by atoms with Crippen LogP contribution in [0.25, 0.3) is 22.7 Å². The van der Waals surface area contributed by atoms with Gasteiger partial charge in [-0.1, -0.05) is 30.3 Å². The number of rotatable bonds is 3. The van der Waals surface area contributed by atoms with Crippen molar-refractivity contribution >= 4 is 28.4 Å². The van der Waals surface area contributed by atoms with Gasteiger partial charge in [0.2, 0.25) is 0 Å². The van der Waals surface area contributed by atoms with Crippen molar-refractivity contribution in [2.45, 2.75) is 6.18 Å². The average molecular weight is 347 g/mol. The van der Waals surface area contributed by atoms with E-state index in [2.05, 4.69) is 4.98 Å². The van der Waals surface area contributed by atoms with Gasteiger partial charge in [0.15, 0.2) is 0 Å². The van der Waals surface area contributed by atoms with Gasteiger partial charge in [-0.05, 0) is 11.6 Å². The van der Waals surface area contributed by atoms with Crippen molar-refractivity contribution in [3.8, 4) is 0 Å². The van der Waals surface area contributed by atoms with E-state index in [1.165, 1.54) is 10.8 Å². The lowest BCUT2D eigenvalue weighted by atomic mass is 10.0. The van der Waals surface area contributed by atoms with E-state index in [0.717, 1.165) is 18.3 Å². The van der Waals surface area contributed by atoms with Crippen molar-refractivity contribution in [2.24, 2.45) is 7.05 Å². The van der Waals surface area contributed by atoms with Gasteiger partial charge in [-0.3, -0.25) is 10.1 Å². The summed E-state index contributed by atoms with van der Waals surface area (Å²) in [4.78, 5) is 14.2. The van der Waals surface area contributed by atoms with Crippen LogP contribution in [0.3, 0.4) is 0 Å². The first-order chi connectivity index (χ1) is 11.8. The van der Waals surface area contributed by atoms with Gasteiger partial charge in [0.25, 0.3) is 5.69 Å². The van der Waals surface area contributed by atoms with E-state index >= 15 is 0 Å². The molecule has 0 bridgehead atoms. The van der Waals surface area contributed by atoms with Gasteiger partial charge in [0.05, 0.1) is 10.5 Å². The van der Waals surface area contributed by atoms with Crippen LogP contribution < -0.4 is 0 Å². The number of hydrogen-bond acceptors (Lipinski definition) is 3. The van der Waals surface area contributed by atoms with E-state index in [-0.39, 0.29) is 22.3 Å². The van der Waals surface area contributed by atoms with Crippen molar-refractivity contribution in [3.05, 3.63) is 70.0 Å². The van der Waals surface area contributed by atoms with Gasteiger partial charge < -0.3 is 4.57 Å². The first kappa shape index (κ1) is 16.7. The molecule has 0 aliphatic heterocycles. The first-order valence-corrected chi connectivity index (χ1v) is 7.21. The van der Waals surface area contributed by atoms with Gasteiger partial charge in [-0.2, -0.15) is 13.2 Å². The number of nitro groups is 1. The summed E-state index contributed by atoms with van der Waals surface area (Å²) in [7, 11) is 1.54. The minimum atomic E-state index is -4.63. The molecule has 128 valence electrons. The monoisotopic (exact) mass is 347 g/mol. The van der Waals surface area contributed by atoms with Crippen molar-refractivity contribution in [1.82, 2.24) is 9.55 Å². The van der Waals surface area contributed by atoms with Crippen LogP contribution in [-0.2, 0) is 7.05 Å². The standard InChI is InChI=1S/C17H12F3N3O2/c1-22-10-14(13-8-12(23(24)25)9-21-16(13)22)15(17(18,19)20)7-11-5-3-2-4-6-11/h2-10H,1H3. The zero-order chi connectivity index (χ0) is 18.2. The fourth-order valence-corrected chi connectivity index (χ4v) is 2.59. The van der Waals surface area contributed by atoms with E-state index in [4.69, 9.17) is 0 Å². The maximum atomic E-state index is 13.7. The summed E-state index contributed by atoms with van der Waals surface area (Å²) in [6.07, 6.45) is -1.30. The molecular formula is C17H12F3N3O2. The van der Waals surface area contributed by atoms with Crippen molar-refractivity contribution < 1.29 is 18.1 Å². The number of alkyl halides is 3. The molecule has 0 saturated carbocycles. The molecule has 1 aromatic carbocycles. The van der Waals surface area contributed by atoms with E-state index in [9.17, 15) is 23.3 Å². The highest BCUT2D eigenvalue weighted by molar-refractivity contribution is 5.98. The summed E-state index contributed by atoms with van der Waals surface area (Å²) in [6, 6.07) is 9.19. The van der Waals surface area contributed by atoms with Crippen LogP contribution in [0.1, 0.15) is 11.1 Å². The van der Waals surface area contributed by atoms with Crippen molar-refractivity contribution in [2.75, 3.05) is 0 Å². The molecule has 0 unspecified atom stereocenters. The molecule has 2 heterocycles. The Hall–Kier alpha value is -3.16. The smallest absolute Gasteiger partial charge is 0.335 e. The van der Waals surface area contributed by atoms with E-state index in [1.807, 2.05) is 0 Å². The molecule has 0 spiro atoms. The molecule has 0 N–H and O–H groups in total. The van der Waals surface area contributed by atoms with Crippen LogP contribution in [0.15, 0.2) is 48.8 Å². The number of aryl methyl sites for hydroxylation is 1. The molecule has 0 radical (unpaired) electrons. The molecule has 0 saturated heterocycles. The molecule has 0 atom stereocenters. The van der Waals surface area contributed by atoms with Crippen LogP contribution >= 0.6 is 0 Å². The SMILES string of the molecule is Cn1cc(C(=Cc2ccccc2)C(F)(F)F)c2cc([N+](=O)[O-])cnc21. The third kappa shape index (κ3) is 3.23. The number of benzene rings is 1. The first-order valence-electron chi connectivity index (χ1n) is 7.21. The average Bonchev–Trinajstić information content (AvgIpc) is 2.88. The molecule has 3 rings (SSSR count). The fraction of sp³-hybridized carbons (Fsp3) is 0.118. The van der Waals surface area contributed by atoms with Crippen molar-refractivity contribution in [3.63, 3.8) is 0 Å². The summed E-state index contributed by atoms with van der Waals surface area (Å²) in [5.74, 6) is 0. The Balaban J connectivity index is 2.28. The Bertz CT molecular complexity index is 976. The number of pyridine rings is 1. The molecule has 0 amide bonds. The lowest BCUT2D eigenvalue weighted by Gasteiger charge is -2.11. The molecule has 0 aliphatic carbocycles. The lowest BCUT2D eigenvalue weighted by Crippen LogP contribution is -2.10. The van der Waals surface area contributed by atoms with Crippen LogP contribution in [0.2, 0.25) is 0 Å². The van der Waals surface area contributed by atoms with Gasteiger partial charge in [0.1, 0.15) is 11.8 Å². The summed E-state index contributed by atoms with van der Waals surface area (Å²) >= 11 is 0. The second-order valence-corrected chi connectivity index (χ2v) is 5.44. The summed E-state index contributed by atoms with van der Waals surface area (Å²) in [6.45, 7) is 0. The van der Waals surface area contributed by atoms with E-state index < -0.39 is 16.7 Å². The topological polar surface area (TPSA) is 61.0 Å². The number of halogens is 3. The maximum Gasteiger partial charge on any atom is 0.417 e. The largest absolute Gasteiger partial charge is 0.417 e. The Morgan fingerprint density at radius 3 is 2.56 bits per heavy atom. The molecular weight excluding hydrogens is 335 g/mol. The normalized spacial score (nSPS) is 12.6. The number of aromatic nitrogens is 2. The van der Waals surface area contributed by atoms with Gasteiger partial charge in [0, 0.05) is 30.3 Å². The predicted octanol–water partition coefficient (Wildman–Crippen LogP) is 4.58. The van der Waals surface area contributed by atoms with Gasteiger partial charge >= 0.3 is 6.18 Å². The Labute approximate surface area is 140 Å². The quantitative estimate of drug-likeness (QED) is 0.514. The molecule has 0 aliphatic rings. The Morgan fingerprint density at radius 1 is 1.28 bits per heavy atom. The highest BCUT2D eigenvalue weighted by atomic mass is 19.4. The predicted molar refractivity (Wildman–Crippen MR) is 87.7 cm³/mol. The molecule has 3 aromatic rings. The molecule has 2 aromatic heterocycles. The van der Waals surface area contributed by atoms with Crippen molar-refractivity contribution in [1.29, 1.82) is 0 Å². The molecule has 5 nitrogen and oxygen atoms in total. The molecule has 0 fully saturated rings. The van der Waals surface area contributed by atoms with Crippen LogP contribution in [0.4, 0.5) is 18.9 Å². The number of allylic oxidation sites excluding steroid dienone is 1. The lowest BCUT2D eigenvalue weighted by molar-refractivity contribution is -0.385. The summed E-state index contributed by atoms with van der Waals surface area (Å²) < 4.78 is 42.4. The maximum absolute atomic E-state index is 13.7. The van der Waals surface area contributed by atoms with Gasteiger partial charge in [-0.25, -0.2) is 4.98 Å². The Kier molecular flexibility index (Phi) is 4.03. The second-order valence-electron chi connectivity index (χ2n) is 5.44. The zero-order valence-corrected chi connectivity index (χ0v) is 13.0. The summed E-state index contributed by atoms with van der Waals surface area (Å²) in [5.41, 5.74) is -0.771. The van der Waals surface area contributed by atoms with Crippen LogP contribution in [0.5, 0.6) is 0 Å². The molecule has 25 heavy (non-hydrogen) atoms. The van der Waals surface area contributed by atoms with Gasteiger partial charge in [-0.15, -0.1) is 0 Å². The third-order valence-electron chi connectivity index (χ3n) is 3.72. The minimum absolute atomic E-state index is 0.0798. The fourth-order valence-electron chi connectivity index (χ4n) is 2.59. The zero-order valence-electron chi connectivity index (χ0n) is 13.0. The number of hydrogen-bond donors (Lipinski definition) is 0. The van der Waals surface area contributed by atoms with E-state index in [1.54, 1.807) is 37.4 Å². The van der Waals surface area contributed by atoms with E-state index in [0.29, 0.717) is 5.56 Å². The molecule has 8 heteroatoms. The second kappa shape index (κ2) is 6.04. The highest BCUT2D eigenvalue weighted by Crippen LogP contribution is 2.39. The highest BCUT2D eigenvalue weighted by Gasteiger charge is 2.36. The van der Waals surface area contributed by atoms with Crippen LogP contribution in [0, 0.1) is 10.1 Å².